The van der Waals surface area contributed by atoms with Crippen LogP contribution in [0.1, 0.15) is 37.5 Å². The smallest absolute Gasteiger partial charge is 0.255 e. The van der Waals surface area contributed by atoms with Crippen LogP contribution in [0.3, 0.4) is 0 Å². The van der Waals surface area contributed by atoms with Gasteiger partial charge in [0.2, 0.25) is 0 Å². The molecule has 0 unspecified atom stereocenters. The maximum atomic E-state index is 13.8. The van der Waals surface area contributed by atoms with Crippen molar-refractivity contribution >= 4 is 29.1 Å². The van der Waals surface area contributed by atoms with Crippen LogP contribution < -0.4 is 15.5 Å². The monoisotopic (exact) mass is 565 g/mol. The molecule has 2 fully saturated rings. The molecule has 2 aliphatic rings. The van der Waals surface area contributed by atoms with E-state index in [1.807, 2.05) is 4.90 Å². The first-order valence-electron chi connectivity index (χ1n) is 13.5. The molecule has 0 spiro atoms. The third kappa shape index (κ3) is 6.51. The van der Waals surface area contributed by atoms with Crippen LogP contribution in [0.25, 0.3) is 0 Å². The molecule has 2 heterocycles. The molecule has 8 nitrogen and oxygen atoms in total. The van der Waals surface area contributed by atoms with Crippen molar-refractivity contribution in [2.45, 2.75) is 6.42 Å². The van der Waals surface area contributed by atoms with Crippen molar-refractivity contribution in [1.29, 1.82) is 0 Å². The van der Waals surface area contributed by atoms with Crippen molar-refractivity contribution in [3.8, 4) is 0 Å². The number of hydrogen-bond donors (Lipinski definition) is 2. The molecule has 214 valence electrons. The summed E-state index contributed by atoms with van der Waals surface area (Å²) in [6, 6.07) is 13.3. The van der Waals surface area contributed by atoms with Crippen molar-refractivity contribution in [3.05, 3.63) is 94.8 Å². The van der Waals surface area contributed by atoms with Gasteiger partial charge in [0.25, 0.3) is 17.7 Å². The number of nitrogens with zero attached hydrogens (tertiary/aromatic N) is 3. The highest BCUT2D eigenvalue weighted by Crippen LogP contribution is 2.30. The summed E-state index contributed by atoms with van der Waals surface area (Å²) in [4.78, 5) is 44.7. The van der Waals surface area contributed by atoms with Gasteiger partial charge in [-0.3, -0.25) is 14.4 Å². The van der Waals surface area contributed by atoms with Gasteiger partial charge in [0.1, 0.15) is 5.82 Å². The molecule has 2 N–H and O–H groups in total. The Kier molecular flexibility index (Phi) is 8.53. The Morgan fingerprint density at radius 3 is 2.05 bits per heavy atom. The average Bonchev–Trinajstić information content (AvgIpc) is 3.28. The molecule has 0 aliphatic carbocycles. The number of halogens is 3. The molecule has 3 aromatic rings. The van der Waals surface area contributed by atoms with Crippen LogP contribution in [0, 0.1) is 17.5 Å². The molecular formula is C30H30F3N5O3. The minimum atomic E-state index is -1.14. The zero-order chi connectivity index (χ0) is 28.9. The maximum Gasteiger partial charge on any atom is 0.255 e. The van der Waals surface area contributed by atoms with E-state index in [2.05, 4.69) is 10.6 Å². The SMILES string of the molecule is O=C(Nc1cc(C(=O)N2CCCNCC2)ccc1N1CCN(C(=O)c2ccc(F)cc2)CC1)c1ccc(F)c(F)c1. The number of rotatable bonds is 5. The lowest BCUT2D eigenvalue weighted by atomic mass is 10.1. The summed E-state index contributed by atoms with van der Waals surface area (Å²) in [5.41, 5.74) is 1.69. The van der Waals surface area contributed by atoms with E-state index in [0.717, 1.165) is 25.1 Å². The fraction of sp³-hybridized carbons (Fsp3) is 0.300. The number of carbonyl (C=O) groups excluding carboxylic acids is 3. The van der Waals surface area contributed by atoms with Gasteiger partial charge in [-0.2, -0.15) is 0 Å². The molecular weight excluding hydrogens is 535 g/mol. The number of carbonyl (C=O) groups is 3. The molecule has 11 heteroatoms. The van der Waals surface area contributed by atoms with Gasteiger partial charge in [-0.1, -0.05) is 0 Å². The van der Waals surface area contributed by atoms with Gasteiger partial charge in [0.05, 0.1) is 11.4 Å². The van der Waals surface area contributed by atoms with Crippen molar-refractivity contribution in [3.63, 3.8) is 0 Å². The van der Waals surface area contributed by atoms with E-state index in [1.54, 1.807) is 28.0 Å². The molecule has 0 bridgehead atoms. The van der Waals surface area contributed by atoms with Crippen LogP contribution in [-0.4, -0.2) is 79.9 Å². The fourth-order valence-electron chi connectivity index (χ4n) is 5.03. The highest BCUT2D eigenvalue weighted by molar-refractivity contribution is 6.07. The van der Waals surface area contributed by atoms with E-state index in [1.165, 1.54) is 30.3 Å². The Morgan fingerprint density at radius 1 is 0.659 bits per heavy atom. The molecule has 3 aromatic carbocycles. The molecule has 0 atom stereocenters. The van der Waals surface area contributed by atoms with Crippen molar-refractivity contribution in [1.82, 2.24) is 15.1 Å². The number of anilines is 2. The van der Waals surface area contributed by atoms with E-state index in [-0.39, 0.29) is 17.4 Å². The van der Waals surface area contributed by atoms with Gasteiger partial charge in [-0.15, -0.1) is 0 Å². The van der Waals surface area contributed by atoms with Crippen LogP contribution in [0.4, 0.5) is 24.5 Å². The molecule has 0 saturated carbocycles. The van der Waals surface area contributed by atoms with E-state index < -0.39 is 23.4 Å². The lowest BCUT2D eigenvalue weighted by Crippen LogP contribution is -2.49. The summed E-state index contributed by atoms with van der Waals surface area (Å²) >= 11 is 0. The predicted octanol–water partition coefficient (Wildman–Crippen LogP) is 3.75. The highest BCUT2D eigenvalue weighted by atomic mass is 19.2. The van der Waals surface area contributed by atoms with E-state index >= 15 is 0 Å². The normalized spacial score (nSPS) is 15.8. The van der Waals surface area contributed by atoms with E-state index in [4.69, 9.17) is 0 Å². The molecule has 3 amide bonds. The summed E-state index contributed by atoms with van der Waals surface area (Å²) in [7, 11) is 0. The predicted molar refractivity (Wildman–Crippen MR) is 149 cm³/mol. The summed E-state index contributed by atoms with van der Waals surface area (Å²) in [6.07, 6.45) is 0.824. The second-order valence-electron chi connectivity index (χ2n) is 10.00. The quantitative estimate of drug-likeness (QED) is 0.493. The van der Waals surface area contributed by atoms with Crippen LogP contribution in [0.15, 0.2) is 60.7 Å². The van der Waals surface area contributed by atoms with Crippen LogP contribution in [0.2, 0.25) is 0 Å². The number of benzene rings is 3. The van der Waals surface area contributed by atoms with Gasteiger partial charge in [-0.05, 0) is 73.6 Å². The Bertz CT molecular complexity index is 1430. The molecule has 41 heavy (non-hydrogen) atoms. The van der Waals surface area contributed by atoms with Crippen molar-refractivity contribution < 1.29 is 27.6 Å². The van der Waals surface area contributed by atoms with Crippen molar-refractivity contribution in [2.24, 2.45) is 0 Å². The average molecular weight is 566 g/mol. The minimum absolute atomic E-state index is 0.0696. The van der Waals surface area contributed by atoms with E-state index in [0.29, 0.717) is 68.3 Å². The summed E-state index contributed by atoms with van der Waals surface area (Å²) in [5, 5.41) is 6.04. The van der Waals surface area contributed by atoms with Gasteiger partial charge in [-0.25, -0.2) is 13.2 Å². The zero-order valence-electron chi connectivity index (χ0n) is 22.3. The molecule has 0 radical (unpaired) electrons. The van der Waals surface area contributed by atoms with Gasteiger partial charge in [0, 0.05) is 62.5 Å². The number of hydrogen-bond acceptors (Lipinski definition) is 5. The lowest BCUT2D eigenvalue weighted by molar-refractivity contribution is 0.0743. The van der Waals surface area contributed by atoms with Gasteiger partial charge in [0.15, 0.2) is 11.6 Å². The summed E-state index contributed by atoms with van der Waals surface area (Å²) < 4.78 is 40.6. The number of amides is 3. The Hall–Kier alpha value is -4.38. The summed E-state index contributed by atoms with van der Waals surface area (Å²) in [6.45, 7) is 4.31. The minimum Gasteiger partial charge on any atom is -0.366 e. The summed E-state index contributed by atoms with van der Waals surface area (Å²) in [5.74, 6) is -3.64. The highest BCUT2D eigenvalue weighted by Gasteiger charge is 2.26. The Morgan fingerprint density at radius 2 is 1.32 bits per heavy atom. The molecule has 2 aliphatic heterocycles. The second-order valence-corrected chi connectivity index (χ2v) is 10.00. The van der Waals surface area contributed by atoms with Gasteiger partial charge >= 0.3 is 0 Å². The first kappa shape index (κ1) is 28.2. The molecule has 2 saturated heterocycles. The number of nitrogens with one attached hydrogen (secondary N) is 2. The third-order valence-electron chi connectivity index (χ3n) is 7.30. The first-order chi connectivity index (χ1) is 19.8. The Labute approximate surface area is 235 Å². The fourth-order valence-corrected chi connectivity index (χ4v) is 5.03. The standard InChI is InChI=1S/C30H30F3N5O3/c31-23-6-2-20(3-7-23)29(40)38-16-14-36(15-17-38)27-9-5-22(30(41)37-12-1-10-34-11-13-37)19-26(27)35-28(39)21-4-8-24(32)25(33)18-21/h2-9,18-19,34H,1,10-17H2,(H,35,39). The zero-order valence-corrected chi connectivity index (χ0v) is 22.3. The first-order valence-corrected chi connectivity index (χ1v) is 13.5. The largest absolute Gasteiger partial charge is 0.366 e. The van der Waals surface area contributed by atoms with Crippen molar-refractivity contribution in [2.75, 3.05) is 62.6 Å². The second kappa shape index (κ2) is 12.4. The van der Waals surface area contributed by atoms with Crippen LogP contribution in [-0.2, 0) is 0 Å². The van der Waals surface area contributed by atoms with E-state index in [9.17, 15) is 27.6 Å². The Balaban J connectivity index is 1.37. The molecule has 0 aromatic heterocycles. The number of piperazine rings is 1. The molecule has 5 rings (SSSR count). The van der Waals surface area contributed by atoms with Crippen LogP contribution in [0.5, 0.6) is 0 Å². The topological polar surface area (TPSA) is 85.0 Å². The van der Waals surface area contributed by atoms with Crippen LogP contribution >= 0.6 is 0 Å². The lowest BCUT2D eigenvalue weighted by Gasteiger charge is -2.37. The van der Waals surface area contributed by atoms with Gasteiger partial charge < -0.3 is 25.3 Å². The third-order valence-corrected chi connectivity index (χ3v) is 7.30. The maximum absolute atomic E-state index is 13.8.